The SMILES string of the molecule is CCOC(=O)C(CN)CC12C3C4C5C3C1C5C42. The van der Waals surface area contributed by atoms with Crippen molar-refractivity contribution in [3.05, 3.63) is 0 Å². The molecule has 0 radical (unpaired) electrons. The number of hydrogen-bond donors (Lipinski definition) is 1. The van der Waals surface area contributed by atoms with Gasteiger partial charge in [0.25, 0.3) is 0 Å². The van der Waals surface area contributed by atoms with Gasteiger partial charge in [0.1, 0.15) is 0 Å². The Morgan fingerprint density at radius 1 is 1.24 bits per heavy atom. The van der Waals surface area contributed by atoms with Crippen LogP contribution in [-0.2, 0) is 9.53 Å². The quantitative estimate of drug-likeness (QED) is 0.717. The molecule has 0 bridgehead atoms. The van der Waals surface area contributed by atoms with Crippen LogP contribution in [0.3, 0.4) is 0 Å². The first-order valence-electron chi connectivity index (χ1n) is 7.14. The summed E-state index contributed by atoms with van der Waals surface area (Å²) in [6.45, 7) is 2.82. The van der Waals surface area contributed by atoms with E-state index in [1.165, 1.54) is 0 Å². The third kappa shape index (κ3) is 0.612. The number of ether oxygens (including phenoxy) is 1. The molecule has 6 aliphatic carbocycles. The van der Waals surface area contributed by atoms with Gasteiger partial charge in [0.15, 0.2) is 0 Å². The molecule has 2 N–H and O–H groups in total. The van der Waals surface area contributed by atoms with Crippen molar-refractivity contribution in [1.82, 2.24) is 0 Å². The van der Waals surface area contributed by atoms with Crippen LogP contribution in [0, 0.1) is 52.8 Å². The van der Waals surface area contributed by atoms with Crippen LogP contribution in [0.1, 0.15) is 13.3 Å². The van der Waals surface area contributed by atoms with Gasteiger partial charge in [0.05, 0.1) is 12.5 Å². The van der Waals surface area contributed by atoms with E-state index in [0.29, 0.717) is 18.6 Å². The maximum Gasteiger partial charge on any atom is 0.310 e. The largest absolute Gasteiger partial charge is 0.466 e. The Kier molecular flexibility index (Phi) is 1.33. The Morgan fingerprint density at radius 3 is 2.29 bits per heavy atom. The van der Waals surface area contributed by atoms with Crippen LogP contribution >= 0.6 is 0 Å². The summed E-state index contributed by atoms with van der Waals surface area (Å²) in [7, 11) is 0. The van der Waals surface area contributed by atoms with E-state index in [1.807, 2.05) is 6.92 Å². The number of carbonyl (C=O) groups is 1. The monoisotopic (exact) mass is 233 g/mol. The van der Waals surface area contributed by atoms with Gasteiger partial charge in [-0.3, -0.25) is 4.79 Å². The van der Waals surface area contributed by atoms with Crippen LogP contribution < -0.4 is 5.73 Å². The van der Waals surface area contributed by atoms with Crippen molar-refractivity contribution >= 4 is 5.97 Å². The minimum atomic E-state index is -0.0522. The second kappa shape index (κ2) is 2.42. The standard InChI is InChI=1S/C14H19NO2/c1-2-17-13(16)5(4-15)3-14-10-7-6-8(10)12(14)9(6)11(7)14/h5-12H,2-4,15H2,1H3. The summed E-state index contributed by atoms with van der Waals surface area (Å²) in [5.41, 5.74) is 6.36. The number of carbonyl (C=O) groups excluding carboxylic acids is 1. The van der Waals surface area contributed by atoms with Gasteiger partial charge >= 0.3 is 5.97 Å². The summed E-state index contributed by atoms with van der Waals surface area (Å²) < 4.78 is 5.14. The third-order valence-corrected chi connectivity index (χ3v) is 7.19. The maximum atomic E-state index is 11.8. The molecule has 0 aliphatic heterocycles. The smallest absolute Gasteiger partial charge is 0.310 e. The molecule has 0 saturated heterocycles. The van der Waals surface area contributed by atoms with Crippen molar-refractivity contribution in [2.75, 3.05) is 13.2 Å². The highest BCUT2D eigenvalue weighted by Crippen LogP contribution is 3.06. The molecule has 0 aromatic carbocycles. The van der Waals surface area contributed by atoms with Crippen molar-refractivity contribution in [3.63, 3.8) is 0 Å². The van der Waals surface area contributed by atoms with Gasteiger partial charge in [-0.1, -0.05) is 0 Å². The second-order valence-corrected chi connectivity index (χ2v) is 6.89. The summed E-state index contributed by atoms with van der Waals surface area (Å²) in [4.78, 5) is 11.8. The highest BCUT2D eigenvalue weighted by molar-refractivity contribution is 5.73. The number of rotatable bonds is 5. The zero-order valence-corrected chi connectivity index (χ0v) is 10.1. The molecule has 0 spiro atoms. The Balaban J connectivity index is 1.33. The average Bonchev–Trinajstić information content (AvgIpc) is 2.36. The normalized spacial score (nSPS) is 63.1. The third-order valence-electron chi connectivity index (χ3n) is 7.19. The topological polar surface area (TPSA) is 52.3 Å². The molecular formula is C14H19NO2. The average molecular weight is 233 g/mol. The Bertz CT molecular complexity index is 381. The highest BCUT2D eigenvalue weighted by atomic mass is 16.5. The number of nitrogens with two attached hydrogens (primary N) is 1. The molecule has 0 aromatic rings. The van der Waals surface area contributed by atoms with Gasteiger partial charge in [-0.15, -0.1) is 0 Å². The molecule has 1 unspecified atom stereocenters. The van der Waals surface area contributed by atoms with Crippen molar-refractivity contribution in [2.24, 2.45) is 58.5 Å². The molecule has 6 fully saturated rings. The van der Waals surface area contributed by atoms with Gasteiger partial charge in [0, 0.05) is 6.54 Å². The van der Waals surface area contributed by atoms with E-state index in [2.05, 4.69) is 0 Å². The molecule has 3 nitrogen and oxygen atoms in total. The zero-order valence-electron chi connectivity index (χ0n) is 10.1. The Morgan fingerprint density at radius 2 is 1.82 bits per heavy atom. The lowest BCUT2D eigenvalue weighted by molar-refractivity contribution is -0.617. The molecule has 0 aromatic heterocycles. The van der Waals surface area contributed by atoms with Crippen LogP contribution in [0.25, 0.3) is 0 Å². The first-order chi connectivity index (χ1) is 8.27. The molecule has 1 atom stereocenters. The molecule has 0 amide bonds. The molecule has 17 heavy (non-hydrogen) atoms. The van der Waals surface area contributed by atoms with E-state index in [-0.39, 0.29) is 11.9 Å². The predicted octanol–water partition coefficient (Wildman–Crippen LogP) is 0.882. The predicted molar refractivity (Wildman–Crippen MR) is 60.7 cm³/mol. The van der Waals surface area contributed by atoms with Crippen molar-refractivity contribution in [3.8, 4) is 0 Å². The Labute approximate surface area is 101 Å². The van der Waals surface area contributed by atoms with Crippen LogP contribution in [0.5, 0.6) is 0 Å². The first kappa shape index (κ1) is 9.37. The van der Waals surface area contributed by atoms with Crippen LogP contribution in [0.2, 0.25) is 0 Å². The van der Waals surface area contributed by atoms with Crippen molar-refractivity contribution in [1.29, 1.82) is 0 Å². The zero-order chi connectivity index (χ0) is 11.5. The van der Waals surface area contributed by atoms with E-state index in [4.69, 9.17) is 10.5 Å². The molecule has 6 rings (SSSR count). The fraction of sp³-hybridized carbons (Fsp3) is 0.929. The summed E-state index contributed by atoms with van der Waals surface area (Å²) in [6, 6.07) is 0. The van der Waals surface area contributed by atoms with Gasteiger partial charge < -0.3 is 10.5 Å². The van der Waals surface area contributed by atoms with Gasteiger partial charge in [-0.2, -0.15) is 0 Å². The summed E-state index contributed by atoms with van der Waals surface area (Å²) >= 11 is 0. The van der Waals surface area contributed by atoms with E-state index in [0.717, 1.165) is 47.8 Å². The fourth-order valence-electron chi connectivity index (χ4n) is 7.03. The number of hydrogen-bond acceptors (Lipinski definition) is 3. The highest BCUT2D eigenvalue weighted by Gasteiger charge is 3.03. The van der Waals surface area contributed by atoms with Crippen LogP contribution in [-0.4, -0.2) is 19.1 Å². The van der Waals surface area contributed by atoms with E-state index >= 15 is 0 Å². The lowest BCUT2D eigenvalue weighted by Crippen LogP contribution is -3.05. The minimum Gasteiger partial charge on any atom is -0.466 e. The van der Waals surface area contributed by atoms with Gasteiger partial charge in [-0.05, 0) is 60.2 Å². The molecule has 0 heterocycles. The lowest BCUT2D eigenvalue weighted by Gasteiger charge is -3.08. The molecule has 6 saturated carbocycles. The second-order valence-electron chi connectivity index (χ2n) is 6.89. The van der Waals surface area contributed by atoms with E-state index in [1.54, 1.807) is 0 Å². The lowest BCUT2D eigenvalue weighted by atomic mass is 8.96. The molecular weight excluding hydrogens is 214 g/mol. The fourth-order valence-corrected chi connectivity index (χ4v) is 7.03. The van der Waals surface area contributed by atoms with E-state index in [9.17, 15) is 4.79 Å². The number of esters is 1. The first-order valence-corrected chi connectivity index (χ1v) is 7.14. The summed E-state index contributed by atoms with van der Waals surface area (Å²) in [5, 5.41) is 0. The maximum absolute atomic E-state index is 11.8. The molecule has 6 aliphatic rings. The van der Waals surface area contributed by atoms with Crippen molar-refractivity contribution in [2.45, 2.75) is 13.3 Å². The minimum absolute atomic E-state index is 0.0278. The summed E-state index contributed by atoms with van der Waals surface area (Å²) in [6.07, 6.45) is 1.04. The van der Waals surface area contributed by atoms with Crippen LogP contribution in [0.15, 0.2) is 0 Å². The van der Waals surface area contributed by atoms with Gasteiger partial charge in [-0.25, -0.2) is 0 Å². The van der Waals surface area contributed by atoms with Crippen molar-refractivity contribution < 1.29 is 9.53 Å². The van der Waals surface area contributed by atoms with Crippen LogP contribution in [0.4, 0.5) is 0 Å². The molecule has 3 heteroatoms. The summed E-state index contributed by atoms with van der Waals surface area (Å²) in [5.74, 6) is 7.38. The molecule has 92 valence electrons. The Hall–Kier alpha value is -0.570. The van der Waals surface area contributed by atoms with E-state index < -0.39 is 0 Å². The van der Waals surface area contributed by atoms with Gasteiger partial charge in [0.2, 0.25) is 0 Å².